The van der Waals surface area contributed by atoms with Crippen molar-refractivity contribution in [3.05, 3.63) is 0 Å². The monoisotopic (exact) mass is 428 g/mol. The first-order valence-corrected chi connectivity index (χ1v) is 19.4. The minimum Gasteiger partial charge on any atom is -0.437 e. The Hall–Kier alpha value is -0.289. The van der Waals surface area contributed by atoms with Crippen molar-refractivity contribution in [2.45, 2.75) is 83.5 Å². The minimum atomic E-state index is -2.24. The summed E-state index contributed by atoms with van der Waals surface area (Å²) in [6.45, 7) is 15.8. The van der Waals surface area contributed by atoms with Crippen LogP contribution in [0.25, 0.3) is 0 Å². The Kier molecular flexibility index (Phi) is 5.71. The lowest BCUT2D eigenvalue weighted by Gasteiger charge is -2.44. The van der Waals surface area contributed by atoms with Gasteiger partial charge in [-0.3, -0.25) is 9.59 Å². The van der Waals surface area contributed by atoms with E-state index in [-0.39, 0.29) is 29.7 Å². The van der Waals surface area contributed by atoms with E-state index in [0.29, 0.717) is 11.5 Å². The summed E-state index contributed by atoms with van der Waals surface area (Å²) in [5, 5.41) is 0. The number of esters is 2. The molecule has 0 spiro atoms. The highest BCUT2D eigenvalue weighted by atomic mass is 28.5. The lowest BCUT2D eigenvalue weighted by Crippen LogP contribution is -2.55. The number of carbonyl (C=O) groups excluding carboxylic acids is 2. The molecule has 3 aliphatic rings. The van der Waals surface area contributed by atoms with Gasteiger partial charge in [0.05, 0.1) is 11.8 Å². The molecule has 27 heavy (non-hydrogen) atoms. The number of hydrogen-bond acceptors (Lipinski definition) is 5. The molecule has 1 saturated heterocycles. The van der Waals surface area contributed by atoms with Gasteiger partial charge in [-0.2, -0.15) is 0 Å². The Labute approximate surface area is 167 Å². The molecule has 8 heteroatoms. The summed E-state index contributed by atoms with van der Waals surface area (Å²) in [6, 6.07) is 1.18. The van der Waals surface area contributed by atoms with Crippen LogP contribution in [-0.2, 0) is 22.6 Å². The molecular weight excluding hydrogens is 392 g/mol. The van der Waals surface area contributed by atoms with Gasteiger partial charge in [0.1, 0.15) is 0 Å². The highest BCUT2D eigenvalue weighted by Crippen LogP contribution is 2.63. The summed E-state index contributed by atoms with van der Waals surface area (Å²) in [6.07, 6.45) is 4.41. The Balaban J connectivity index is 1.68. The van der Waals surface area contributed by atoms with E-state index in [0.717, 1.165) is 12.8 Å². The van der Waals surface area contributed by atoms with Gasteiger partial charge < -0.3 is 13.0 Å². The normalized spacial score (nSPS) is 33.5. The summed E-state index contributed by atoms with van der Waals surface area (Å²) >= 11 is 0. The maximum absolute atomic E-state index is 12.2. The van der Waals surface area contributed by atoms with E-state index in [9.17, 15) is 9.59 Å². The molecule has 2 aliphatic carbocycles. The molecule has 5 unspecified atom stereocenters. The number of unbranched alkanes of at least 4 members (excludes halogenated alkanes) is 1. The predicted octanol–water partition coefficient (Wildman–Crippen LogP) is 4.66. The first-order chi connectivity index (χ1) is 12.4. The lowest BCUT2D eigenvalue weighted by molar-refractivity contribution is -0.154. The van der Waals surface area contributed by atoms with E-state index in [2.05, 4.69) is 46.2 Å². The van der Waals surface area contributed by atoms with Crippen molar-refractivity contribution in [2.24, 2.45) is 23.7 Å². The number of hydrogen-bond donors (Lipinski definition) is 0. The first kappa shape index (κ1) is 21.4. The number of carbonyl (C=O) groups is 2. The van der Waals surface area contributed by atoms with Crippen LogP contribution in [0.2, 0.25) is 50.9 Å². The average Bonchev–Trinajstić information content (AvgIpc) is 3.16. The molecule has 2 bridgehead atoms. The molecule has 2 saturated carbocycles. The smallest absolute Gasteiger partial charge is 0.317 e. The molecule has 0 N–H and O–H groups in total. The second kappa shape index (κ2) is 7.20. The van der Waals surface area contributed by atoms with Crippen LogP contribution in [0.4, 0.5) is 0 Å². The molecule has 3 fully saturated rings. The van der Waals surface area contributed by atoms with Crippen LogP contribution in [0.5, 0.6) is 0 Å². The molecule has 0 aromatic heterocycles. The minimum absolute atomic E-state index is 0.176. The molecule has 1 aliphatic heterocycles. The third-order valence-corrected chi connectivity index (χ3v) is 19.1. The number of rotatable bonds is 8. The van der Waals surface area contributed by atoms with Crippen molar-refractivity contribution in [1.29, 1.82) is 0 Å². The van der Waals surface area contributed by atoms with Gasteiger partial charge in [0.2, 0.25) is 0 Å². The van der Waals surface area contributed by atoms with Crippen molar-refractivity contribution >= 4 is 37.1 Å². The van der Waals surface area contributed by atoms with Crippen LogP contribution in [0.15, 0.2) is 0 Å². The molecule has 1 heterocycles. The molecule has 0 aromatic rings. The fourth-order valence-electron chi connectivity index (χ4n) is 6.10. The fourth-order valence-corrected chi connectivity index (χ4v) is 21.5. The highest BCUT2D eigenvalue weighted by molar-refractivity contribution is 6.88. The third kappa shape index (κ3) is 4.19. The first-order valence-electron chi connectivity index (χ1n) is 10.5. The van der Waals surface area contributed by atoms with E-state index >= 15 is 0 Å². The maximum Gasteiger partial charge on any atom is 0.317 e. The Morgan fingerprint density at radius 3 is 2.22 bits per heavy atom. The number of fused-ring (bicyclic) bond motifs is 5. The number of ether oxygens (including phenoxy) is 1. The molecule has 154 valence electrons. The topological polar surface area (TPSA) is 61.8 Å². The number of cyclic esters (lactones) is 2. The summed E-state index contributed by atoms with van der Waals surface area (Å²) in [7, 11) is -6.02. The molecule has 0 radical (unpaired) electrons. The standard InChI is InChI=1S/C19H36O5Si3/c1-8-9-10-25(2,3)23-27(6,7)24-26(4,5)15-12-13-11-14(15)17-16(13)18(20)22-19(17)21/h13-17H,8-12H2,1-7H3. The van der Waals surface area contributed by atoms with E-state index < -0.39 is 25.2 Å². The Morgan fingerprint density at radius 2 is 1.59 bits per heavy atom. The zero-order valence-electron chi connectivity index (χ0n) is 18.0. The van der Waals surface area contributed by atoms with Crippen LogP contribution in [-0.4, -0.2) is 37.1 Å². The van der Waals surface area contributed by atoms with Gasteiger partial charge in [0.25, 0.3) is 0 Å². The Morgan fingerprint density at radius 1 is 0.963 bits per heavy atom. The van der Waals surface area contributed by atoms with Gasteiger partial charge in [-0.15, -0.1) is 0 Å². The van der Waals surface area contributed by atoms with Crippen LogP contribution >= 0.6 is 0 Å². The van der Waals surface area contributed by atoms with Gasteiger partial charge in [-0.1, -0.05) is 19.8 Å². The van der Waals surface area contributed by atoms with Gasteiger partial charge in [-0.05, 0) is 75.5 Å². The van der Waals surface area contributed by atoms with Crippen molar-refractivity contribution in [3.63, 3.8) is 0 Å². The molecule has 0 amide bonds. The molecule has 5 nitrogen and oxygen atoms in total. The van der Waals surface area contributed by atoms with Crippen molar-refractivity contribution in [3.8, 4) is 0 Å². The zero-order valence-corrected chi connectivity index (χ0v) is 21.0. The summed E-state index contributed by atoms with van der Waals surface area (Å²) in [4.78, 5) is 24.2. The van der Waals surface area contributed by atoms with E-state index in [1.165, 1.54) is 18.9 Å². The summed E-state index contributed by atoms with van der Waals surface area (Å²) < 4.78 is 18.5. The van der Waals surface area contributed by atoms with Gasteiger partial charge in [0.15, 0.2) is 16.6 Å². The van der Waals surface area contributed by atoms with Crippen molar-refractivity contribution in [1.82, 2.24) is 0 Å². The van der Waals surface area contributed by atoms with Gasteiger partial charge in [0, 0.05) is 0 Å². The average molecular weight is 429 g/mol. The summed E-state index contributed by atoms with van der Waals surface area (Å²) in [5.74, 6) is -0.384. The Bertz CT molecular complexity index is 618. The van der Waals surface area contributed by atoms with Gasteiger partial charge in [-0.25, -0.2) is 0 Å². The van der Waals surface area contributed by atoms with E-state index in [1.807, 2.05) is 0 Å². The van der Waals surface area contributed by atoms with Crippen molar-refractivity contribution < 1.29 is 22.6 Å². The fraction of sp³-hybridized carbons (Fsp3) is 0.895. The van der Waals surface area contributed by atoms with Crippen LogP contribution in [0, 0.1) is 23.7 Å². The van der Waals surface area contributed by atoms with Crippen LogP contribution in [0.3, 0.4) is 0 Å². The maximum atomic E-state index is 12.2. The highest BCUT2D eigenvalue weighted by Gasteiger charge is 2.66. The van der Waals surface area contributed by atoms with Gasteiger partial charge >= 0.3 is 20.5 Å². The SMILES string of the molecule is CCCC[Si](C)(C)O[Si](C)(C)O[Si](C)(C)C1CC2CC1C1C(=O)OC(=O)C21. The van der Waals surface area contributed by atoms with E-state index in [1.54, 1.807) is 0 Å². The van der Waals surface area contributed by atoms with Crippen molar-refractivity contribution in [2.75, 3.05) is 0 Å². The van der Waals surface area contributed by atoms with Crippen LogP contribution in [0.1, 0.15) is 32.6 Å². The molecule has 3 rings (SSSR count). The zero-order chi connectivity index (χ0) is 20.2. The molecular formula is C19H36O5Si3. The quantitative estimate of drug-likeness (QED) is 0.320. The third-order valence-electron chi connectivity index (χ3n) is 6.81. The largest absolute Gasteiger partial charge is 0.437 e. The second-order valence-corrected chi connectivity index (χ2v) is 22.8. The second-order valence-electron chi connectivity index (χ2n) is 10.4. The lowest BCUT2D eigenvalue weighted by atomic mass is 9.81. The predicted molar refractivity (Wildman–Crippen MR) is 112 cm³/mol. The summed E-state index contributed by atoms with van der Waals surface area (Å²) in [5.41, 5.74) is 0.415. The van der Waals surface area contributed by atoms with E-state index in [4.69, 9.17) is 13.0 Å². The molecule has 0 aromatic carbocycles. The van der Waals surface area contributed by atoms with Crippen LogP contribution < -0.4 is 0 Å². The molecule has 5 atom stereocenters.